The summed E-state index contributed by atoms with van der Waals surface area (Å²) in [5, 5.41) is 4.35. The van der Waals surface area contributed by atoms with Crippen molar-refractivity contribution in [3.8, 4) is 0 Å². The van der Waals surface area contributed by atoms with E-state index < -0.39 is 15.7 Å². The Bertz CT molecular complexity index is 502. The molecule has 17 heavy (non-hydrogen) atoms. The first-order valence-corrected chi connectivity index (χ1v) is 6.34. The zero-order chi connectivity index (χ0) is 12.8. The molecule has 1 heterocycles. The molecule has 1 aromatic rings. The van der Waals surface area contributed by atoms with Crippen molar-refractivity contribution < 1.29 is 9.59 Å². The van der Waals surface area contributed by atoms with Gasteiger partial charge in [0, 0.05) is 5.38 Å². The third-order valence-electron chi connectivity index (χ3n) is 2.74. The number of amides is 2. The summed E-state index contributed by atoms with van der Waals surface area (Å²) in [5.41, 5.74) is 4.36. The lowest BCUT2D eigenvalue weighted by Crippen LogP contribution is -2.26. The van der Waals surface area contributed by atoms with Crippen molar-refractivity contribution in [3.05, 3.63) is 11.1 Å². The largest absolute Gasteiger partial charge is 0.364 e. The summed E-state index contributed by atoms with van der Waals surface area (Å²) in [6, 6.07) is 0. The summed E-state index contributed by atoms with van der Waals surface area (Å²) in [5.74, 6) is -0.948. The molecular formula is C9H9Cl2N3O2S. The first kappa shape index (κ1) is 12.6. The Hall–Kier alpha value is -0.850. The molecule has 1 atom stereocenters. The first-order valence-electron chi connectivity index (χ1n) is 4.71. The maximum absolute atomic E-state index is 11.9. The molecule has 1 saturated carbocycles. The van der Waals surface area contributed by atoms with Crippen LogP contribution in [0.15, 0.2) is 5.38 Å². The number of carbonyl (C=O) groups excluding carboxylic acids is 2. The van der Waals surface area contributed by atoms with Crippen LogP contribution in [0.25, 0.3) is 0 Å². The van der Waals surface area contributed by atoms with Gasteiger partial charge in [-0.05, 0) is 13.3 Å². The topological polar surface area (TPSA) is 85.1 Å². The van der Waals surface area contributed by atoms with Crippen LogP contribution in [0, 0.1) is 5.41 Å². The highest BCUT2D eigenvalue weighted by molar-refractivity contribution is 7.14. The Kier molecular flexibility index (Phi) is 2.84. The number of thiazole rings is 1. The van der Waals surface area contributed by atoms with E-state index >= 15 is 0 Å². The minimum Gasteiger partial charge on any atom is -0.364 e. The Labute approximate surface area is 111 Å². The van der Waals surface area contributed by atoms with E-state index in [4.69, 9.17) is 28.9 Å². The number of alkyl halides is 2. The molecule has 0 saturated heterocycles. The lowest BCUT2D eigenvalue weighted by Gasteiger charge is -2.10. The van der Waals surface area contributed by atoms with Crippen molar-refractivity contribution in [1.82, 2.24) is 4.98 Å². The van der Waals surface area contributed by atoms with Crippen LogP contribution in [0.1, 0.15) is 23.8 Å². The summed E-state index contributed by atoms with van der Waals surface area (Å²) in [4.78, 5) is 26.6. The average Bonchev–Trinajstić information content (AvgIpc) is 2.63. The SMILES string of the molecule is C[C@@]1(C(=O)Nc2nc(C(N)=O)cs2)CC1(Cl)Cl. The van der Waals surface area contributed by atoms with E-state index in [-0.39, 0.29) is 11.6 Å². The van der Waals surface area contributed by atoms with Gasteiger partial charge in [-0.25, -0.2) is 4.98 Å². The van der Waals surface area contributed by atoms with E-state index in [0.29, 0.717) is 11.6 Å². The van der Waals surface area contributed by atoms with Gasteiger partial charge >= 0.3 is 0 Å². The van der Waals surface area contributed by atoms with Crippen molar-refractivity contribution >= 4 is 51.5 Å². The molecule has 92 valence electrons. The highest BCUT2D eigenvalue weighted by Gasteiger charge is 2.68. The van der Waals surface area contributed by atoms with Gasteiger partial charge in [0.25, 0.3) is 5.91 Å². The van der Waals surface area contributed by atoms with Crippen LogP contribution in [0.3, 0.4) is 0 Å². The van der Waals surface area contributed by atoms with Gasteiger partial charge in [-0.1, -0.05) is 0 Å². The van der Waals surface area contributed by atoms with E-state index in [2.05, 4.69) is 10.3 Å². The normalized spacial score (nSPS) is 25.4. The predicted molar refractivity (Wildman–Crippen MR) is 66.4 cm³/mol. The summed E-state index contributed by atoms with van der Waals surface area (Å²) < 4.78 is -1.03. The fourth-order valence-corrected chi connectivity index (χ4v) is 2.73. The second kappa shape index (κ2) is 3.83. The van der Waals surface area contributed by atoms with Crippen LogP contribution in [0.5, 0.6) is 0 Å². The molecule has 0 unspecified atom stereocenters. The second-order valence-electron chi connectivity index (χ2n) is 4.07. The number of nitrogens with zero attached hydrogens (tertiary/aromatic N) is 1. The quantitative estimate of drug-likeness (QED) is 0.833. The molecule has 0 aliphatic heterocycles. The van der Waals surface area contributed by atoms with Crippen molar-refractivity contribution in [3.63, 3.8) is 0 Å². The van der Waals surface area contributed by atoms with Gasteiger partial charge in [0.1, 0.15) is 10.0 Å². The zero-order valence-corrected chi connectivity index (χ0v) is 11.1. The van der Waals surface area contributed by atoms with Gasteiger partial charge in [-0.2, -0.15) is 0 Å². The molecule has 0 bridgehead atoms. The number of primary amides is 1. The Morgan fingerprint density at radius 2 is 2.18 bits per heavy atom. The summed E-state index contributed by atoms with van der Waals surface area (Å²) in [7, 11) is 0. The standard InChI is InChI=1S/C9H9Cl2N3O2S/c1-8(3-9(8,10)11)6(16)14-7-13-4(2-17-7)5(12)15/h2H,3H2,1H3,(H2,12,15)(H,13,14,16)/t8-/m0/s1. The van der Waals surface area contributed by atoms with E-state index in [9.17, 15) is 9.59 Å². The minimum absolute atomic E-state index is 0.120. The van der Waals surface area contributed by atoms with E-state index in [0.717, 1.165) is 11.3 Å². The van der Waals surface area contributed by atoms with Crippen LogP contribution in [0.2, 0.25) is 0 Å². The molecule has 1 aromatic heterocycles. The number of nitrogens with two attached hydrogens (primary N) is 1. The Morgan fingerprint density at radius 1 is 1.59 bits per heavy atom. The van der Waals surface area contributed by atoms with Crippen LogP contribution in [0.4, 0.5) is 5.13 Å². The fourth-order valence-electron chi connectivity index (χ4n) is 1.33. The molecule has 0 spiro atoms. The van der Waals surface area contributed by atoms with Gasteiger partial charge in [-0.3, -0.25) is 9.59 Å². The lowest BCUT2D eigenvalue weighted by atomic mass is 10.1. The van der Waals surface area contributed by atoms with Crippen molar-refractivity contribution in [2.24, 2.45) is 11.1 Å². The zero-order valence-electron chi connectivity index (χ0n) is 8.79. The molecule has 1 fully saturated rings. The monoisotopic (exact) mass is 293 g/mol. The van der Waals surface area contributed by atoms with Gasteiger partial charge in [0.05, 0.1) is 5.41 Å². The Morgan fingerprint density at radius 3 is 2.59 bits per heavy atom. The highest BCUT2D eigenvalue weighted by atomic mass is 35.5. The molecule has 0 aromatic carbocycles. The third kappa shape index (κ3) is 2.12. The predicted octanol–water partition coefficient (Wildman–Crippen LogP) is 1.76. The minimum atomic E-state index is -1.03. The van der Waals surface area contributed by atoms with E-state index in [1.807, 2.05) is 0 Å². The number of carbonyl (C=O) groups is 2. The van der Waals surface area contributed by atoms with Crippen molar-refractivity contribution in [2.75, 3.05) is 5.32 Å². The smallest absolute Gasteiger partial charge is 0.268 e. The Balaban J connectivity index is 2.07. The number of rotatable bonds is 3. The fraction of sp³-hybridized carbons (Fsp3) is 0.444. The van der Waals surface area contributed by atoms with Gasteiger partial charge in [0.2, 0.25) is 5.91 Å². The van der Waals surface area contributed by atoms with Crippen LogP contribution in [-0.4, -0.2) is 21.1 Å². The molecule has 2 rings (SSSR count). The lowest BCUT2D eigenvalue weighted by molar-refractivity contribution is -0.120. The summed E-state index contributed by atoms with van der Waals surface area (Å²) >= 11 is 12.9. The molecule has 0 radical (unpaired) electrons. The molecule has 3 N–H and O–H groups in total. The number of halogens is 2. The maximum atomic E-state index is 11.9. The van der Waals surface area contributed by atoms with Crippen molar-refractivity contribution in [2.45, 2.75) is 17.7 Å². The summed E-state index contributed by atoms with van der Waals surface area (Å²) in [6.07, 6.45) is 0.392. The van der Waals surface area contributed by atoms with Gasteiger partial charge in [-0.15, -0.1) is 34.5 Å². The molecule has 8 heteroatoms. The molecule has 2 amide bonds. The van der Waals surface area contributed by atoms with Gasteiger partial charge in [0.15, 0.2) is 5.13 Å². The van der Waals surface area contributed by atoms with E-state index in [1.54, 1.807) is 6.92 Å². The number of aromatic nitrogens is 1. The molecule has 5 nitrogen and oxygen atoms in total. The van der Waals surface area contributed by atoms with Crippen LogP contribution in [-0.2, 0) is 4.79 Å². The first-order chi connectivity index (χ1) is 7.76. The highest BCUT2D eigenvalue weighted by Crippen LogP contribution is 2.64. The van der Waals surface area contributed by atoms with Crippen molar-refractivity contribution in [1.29, 1.82) is 0 Å². The number of nitrogens with one attached hydrogen (secondary N) is 1. The third-order valence-corrected chi connectivity index (χ3v) is 4.60. The number of hydrogen-bond donors (Lipinski definition) is 2. The van der Waals surface area contributed by atoms with E-state index in [1.165, 1.54) is 5.38 Å². The number of hydrogen-bond acceptors (Lipinski definition) is 4. The molecule has 1 aliphatic carbocycles. The molecule has 1 aliphatic rings. The van der Waals surface area contributed by atoms with Crippen LogP contribution < -0.4 is 11.1 Å². The second-order valence-corrected chi connectivity index (χ2v) is 6.41. The summed E-state index contributed by atoms with van der Waals surface area (Å²) in [6.45, 7) is 1.67. The average molecular weight is 294 g/mol. The maximum Gasteiger partial charge on any atom is 0.268 e. The van der Waals surface area contributed by atoms with Crippen LogP contribution >= 0.6 is 34.5 Å². The van der Waals surface area contributed by atoms with Gasteiger partial charge < -0.3 is 11.1 Å². The molecular weight excluding hydrogens is 285 g/mol. The number of anilines is 1.